The van der Waals surface area contributed by atoms with Crippen LogP contribution in [0.4, 0.5) is 11.5 Å². The first-order valence-electron chi connectivity index (χ1n) is 11.0. The van der Waals surface area contributed by atoms with E-state index in [0.29, 0.717) is 11.3 Å². The van der Waals surface area contributed by atoms with Gasteiger partial charge in [-0.15, -0.1) is 0 Å². The van der Waals surface area contributed by atoms with Crippen LogP contribution in [0.25, 0.3) is 10.9 Å². The van der Waals surface area contributed by atoms with E-state index >= 15 is 0 Å². The molecule has 0 atom stereocenters. The van der Waals surface area contributed by atoms with Crippen molar-refractivity contribution >= 4 is 22.4 Å². The van der Waals surface area contributed by atoms with Crippen LogP contribution in [0.3, 0.4) is 0 Å². The Kier molecular flexibility index (Phi) is 6.00. The second kappa shape index (κ2) is 9.56. The van der Waals surface area contributed by atoms with Crippen LogP contribution in [0, 0.1) is 17.0 Å². The fourth-order valence-electron chi connectivity index (χ4n) is 3.90. The average Bonchev–Trinajstić information content (AvgIpc) is 2.88. The van der Waals surface area contributed by atoms with Crippen LogP contribution in [0.5, 0.6) is 11.6 Å². The van der Waals surface area contributed by atoms with Gasteiger partial charge in [0.15, 0.2) is 5.75 Å². The zero-order chi connectivity index (χ0) is 24.2. The normalized spacial score (nSPS) is 10.9. The molecule has 0 aliphatic heterocycles. The number of nitrogens with one attached hydrogen (secondary N) is 1. The zero-order valence-electron chi connectivity index (χ0n) is 18.8. The van der Waals surface area contributed by atoms with E-state index in [0.717, 1.165) is 22.2 Å². The third kappa shape index (κ3) is 4.63. The van der Waals surface area contributed by atoms with E-state index in [1.165, 1.54) is 6.33 Å². The molecule has 172 valence electrons. The molecule has 0 unspecified atom stereocenters. The number of benzene rings is 3. The summed E-state index contributed by atoms with van der Waals surface area (Å²) in [5.41, 5.74) is 2.92. The Morgan fingerprint density at radius 3 is 2.20 bits per heavy atom. The maximum absolute atomic E-state index is 12.2. The molecule has 5 rings (SSSR count). The number of para-hydroxylation sites is 1. The Labute approximate surface area is 201 Å². The molecule has 0 radical (unpaired) electrons. The molecule has 0 saturated carbocycles. The Bertz CT molecular complexity index is 1450. The van der Waals surface area contributed by atoms with E-state index in [1.807, 2.05) is 91.9 Å². The van der Waals surface area contributed by atoms with Gasteiger partial charge in [-0.1, -0.05) is 78.9 Å². The molecule has 8 heteroatoms. The van der Waals surface area contributed by atoms with E-state index in [9.17, 15) is 10.1 Å². The first-order chi connectivity index (χ1) is 17.1. The minimum Gasteiger partial charge on any atom is -0.431 e. The van der Waals surface area contributed by atoms with Crippen LogP contribution in [0.15, 0.2) is 97.3 Å². The lowest BCUT2D eigenvalue weighted by Crippen LogP contribution is -2.15. The molecule has 0 amide bonds. The fourth-order valence-corrected chi connectivity index (χ4v) is 3.90. The van der Waals surface area contributed by atoms with Gasteiger partial charge in [0, 0.05) is 11.1 Å². The molecule has 0 aliphatic rings. The number of hydrogen-bond donors (Lipinski definition) is 1. The maximum atomic E-state index is 12.2. The van der Waals surface area contributed by atoms with Crippen molar-refractivity contribution in [2.75, 3.05) is 5.32 Å². The molecular formula is C27H21N5O3. The molecule has 5 aromatic rings. The van der Waals surface area contributed by atoms with Crippen molar-refractivity contribution in [3.8, 4) is 11.6 Å². The number of pyridine rings is 1. The number of nitro groups is 1. The molecule has 1 N–H and O–H groups in total. The van der Waals surface area contributed by atoms with Gasteiger partial charge in [0.25, 0.3) is 0 Å². The van der Waals surface area contributed by atoms with Crippen LogP contribution in [0.1, 0.15) is 22.9 Å². The van der Waals surface area contributed by atoms with Crippen LogP contribution in [-0.4, -0.2) is 19.9 Å². The second-order valence-electron chi connectivity index (χ2n) is 7.91. The largest absolute Gasteiger partial charge is 0.431 e. The molecule has 2 aromatic heterocycles. The third-order valence-electron chi connectivity index (χ3n) is 5.55. The summed E-state index contributed by atoms with van der Waals surface area (Å²) >= 11 is 0. The standard InChI is InChI=1S/C27H21N5O3/c1-18-15-16-21-13-8-14-22(24(21)30-18)35-27-25(32(33)34)26(28-17-29-27)31-23(19-9-4-2-5-10-19)20-11-6-3-7-12-20/h2-17,23H,1H3,(H,28,29,31). The molecule has 35 heavy (non-hydrogen) atoms. The summed E-state index contributed by atoms with van der Waals surface area (Å²) in [6.45, 7) is 1.87. The number of aromatic nitrogens is 3. The first-order valence-corrected chi connectivity index (χ1v) is 11.0. The van der Waals surface area contributed by atoms with Gasteiger partial charge < -0.3 is 10.1 Å². The summed E-state index contributed by atoms with van der Waals surface area (Å²) in [7, 11) is 0. The number of anilines is 1. The van der Waals surface area contributed by atoms with Crippen LogP contribution in [0.2, 0.25) is 0 Å². The number of aryl methyl sites for hydroxylation is 1. The monoisotopic (exact) mass is 463 g/mol. The van der Waals surface area contributed by atoms with E-state index in [-0.39, 0.29) is 23.4 Å². The molecule has 0 fully saturated rings. The lowest BCUT2D eigenvalue weighted by atomic mass is 9.99. The third-order valence-corrected chi connectivity index (χ3v) is 5.55. The molecule has 0 aliphatic carbocycles. The highest BCUT2D eigenvalue weighted by molar-refractivity contribution is 5.85. The number of fused-ring (bicyclic) bond motifs is 1. The van der Waals surface area contributed by atoms with Gasteiger partial charge >= 0.3 is 11.6 Å². The first kappa shape index (κ1) is 22.0. The van der Waals surface area contributed by atoms with Gasteiger partial charge in [-0.2, -0.15) is 4.98 Å². The Morgan fingerprint density at radius 2 is 1.54 bits per heavy atom. The van der Waals surface area contributed by atoms with E-state index < -0.39 is 4.92 Å². The molecule has 3 aromatic carbocycles. The molecule has 0 saturated heterocycles. The van der Waals surface area contributed by atoms with Crippen molar-refractivity contribution < 1.29 is 9.66 Å². The van der Waals surface area contributed by atoms with Crippen LogP contribution < -0.4 is 10.1 Å². The zero-order valence-corrected chi connectivity index (χ0v) is 18.8. The summed E-state index contributed by atoms with van der Waals surface area (Å²) < 4.78 is 5.98. The molecular weight excluding hydrogens is 442 g/mol. The Morgan fingerprint density at radius 1 is 0.857 bits per heavy atom. The second-order valence-corrected chi connectivity index (χ2v) is 7.91. The summed E-state index contributed by atoms with van der Waals surface area (Å²) in [5, 5.41) is 16.3. The Hall–Kier alpha value is -4.85. The summed E-state index contributed by atoms with van der Waals surface area (Å²) in [6.07, 6.45) is 1.25. The van der Waals surface area contributed by atoms with Gasteiger partial charge in [0.2, 0.25) is 5.82 Å². The summed E-state index contributed by atoms with van der Waals surface area (Å²) in [5.74, 6) is 0.270. The van der Waals surface area contributed by atoms with Crippen molar-refractivity contribution in [2.45, 2.75) is 13.0 Å². The van der Waals surface area contributed by atoms with Crippen molar-refractivity contribution in [3.63, 3.8) is 0 Å². The van der Waals surface area contributed by atoms with Gasteiger partial charge in [-0.05, 0) is 30.2 Å². The highest BCUT2D eigenvalue weighted by atomic mass is 16.6. The molecule has 8 nitrogen and oxygen atoms in total. The maximum Gasteiger partial charge on any atom is 0.373 e. The molecule has 0 bridgehead atoms. The smallest absolute Gasteiger partial charge is 0.373 e. The van der Waals surface area contributed by atoms with Crippen LogP contribution >= 0.6 is 0 Å². The number of rotatable bonds is 7. The number of nitrogens with zero attached hydrogens (tertiary/aromatic N) is 4. The van der Waals surface area contributed by atoms with E-state index in [1.54, 1.807) is 6.07 Å². The molecule has 0 spiro atoms. The highest BCUT2D eigenvalue weighted by Gasteiger charge is 2.28. The van der Waals surface area contributed by atoms with Gasteiger partial charge in [0.1, 0.15) is 11.8 Å². The summed E-state index contributed by atoms with van der Waals surface area (Å²) in [4.78, 5) is 24.5. The lowest BCUT2D eigenvalue weighted by molar-refractivity contribution is -0.385. The van der Waals surface area contributed by atoms with Crippen LogP contribution in [-0.2, 0) is 0 Å². The SMILES string of the molecule is Cc1ccc2cccc(Oc3ncnc(NC(c4ccccc4)c4ccccc4)c3[N+](=O)[O-])c2n1. The topological polar surface area (TPSA) is 103 Å². The average molecular weight is 463 g/mol. The van der Waals surface area contributed by atoms with Gasteiger partial charge in [0.05, 0.1) is 11.0 Å². The minimum absolute atomic E-state index is 0.0575. The number of hydrogen-bond acceptors (Lipinski definition) is 7. The van der Waals surface area contributed by atoms with E-state index in [4.69, 9.17) is 4.74 Å². The van der Waals surface area contributed by atoms with Crippen molar-refractivity contribution in [1.29, 1.82) is 0 Å². The molecule has 2 heterocycles. The van der Waals surface area contributed by atoms with Crippen molar-refractivity contribution in [2.24, 2.45) is 0 Å². The number of ether oxygens (including phenoxy) is 1. The predicted octanol–water partition coefficient (Wildman–Crippen LogP) is 6.24. The van der Waals surface area contributed by atoms with Crippen molar-refractivity contribution in [1.82, 2.24) is 15.0 Å². The lowest BCUT2D eigenvalue weighted by Gasteiger charge is -2.20. The highest BCUT2D eigenvalue weighted by Crippen LogP contribution is 2.38. The van der Waals surface area contributed by atoms with E-state index in [2.05, 4.69) is 20.3 Å². The van der Waals surface area contributed by atoms with Crippen molar-refractivity contribution in [3.05, 3.63) is 124 Å². The predicted molar refractivity (Wildman–Crippen MR) is 134 cm³/mol. The quantitative estimate of drug-likeness (QED) is 0.225. The van der Waals surface area contributed by atoms with Gasteiger partial charge in [-0.25, -0.2) is 9.97 Å². The fraction of sp³-hybridized carbons (Fsp3) is 0.0741. The summed E-state index contributed by atoms with van der Waals surface area (Å²) in [6, 6.07) is 28.2. The minimum atomic E-state index is -0.533. The Balaban J connectivity index is 1.57. The van der Waals surface area contributed by atoms with Gasteiger partial charge in [-0.3, -0.25) is 10.1 Å².